The van der Waals surface area contributed by atoms with Gasteiger partial charge in [-0.25, -0.2) is 15.0 Å². The molecule has 6 heterocycles. The zero-order chi connectivity index (χ0) is 97.9. The predicted molar refractivity (Wildman–Crippen MR) is 616 cm³/mol. The molecule has 0 spiro atoms. The van der Waals surface area contributed by atoms with Crippen molar-refractivity contribution in [3.8, 4) is 152 Å². The van der Waals surface area contributed by atoms with Crippen LogP contribution in [0.2, 0.25) is 0 Å². The third-order valence-electron chi connectivity index (χ3n) is 30.7. The number of para-hydroxylation sites is 3. The van der Waals surface area contributed by atoms with Crippen LogP contribution < -0.4 is 14.2 Å². The zero-order valence-electron chi connectivity index (χ0n) is 81.5. The van der Waals surface area contributed by atoms with Crippen LogP contribution in [-0.4, -0.2) is 28.7 Å². The normalized spacial score (nSPS) is 12.1. The fourth-order valence-corrected chi connectivity index (χ4v) is 24.1. The van der Waals surface area contributed by atoms with Crippen molar-refractivity contribution in [2.75, 3.05) is 0 Å². The second-order valence-electron chi connectivity index (χ2n) is 39.0. The maximum absolute atomic E-state index is 6.47. The number of rotatable bonds is 12. The van der Waals surface area contributed by atoms with Gasteiger partial charge in [0.15, 0.2) is 34.5 Å². The van der Waals surface area contributed by atoms with E-state index in [4.69, 9.17) is 29.2 Å². The van der Waals surface area contributed by atoms with Crippen LogP contribution in [-0.2, 0) is 19.3 Å². The van der Waals surface area contributed by atoms with Crippen molar-refractivity contribution in [2.45, 2.75) is 40.0 Å². The summed E-state index contributed by atoms with van der Waals surface area (Å²) in [5.41, 5.74) is 30.9. The molecule has 0 unspecified atom stereocenters. The first-order valence-electron chi connectivity index (χ1n) is 51.2. The Hall–Kier alpha value is -19.1. The van der Waals surface area contributed by atoms with E-state index in [-0.39, 0.29) is 0 Å². The van der Waals surface area contributed by atoms with E-state index in [2.05, 4.69) is 465 Å². The summed E-state index contributed by atoms with van der Waals surface area (Å²) >= 11 is 0. The highest BCUT2D eigenvalue weighted by molar-refractivity contribution is 6.28. The molecule has 0 fully saturated rings. The van der Waals surface area contributed by atoms with Gasteiger partial charge in [-0.15, -0.1) is 0 Å². The molecule has 3 aliphatic heterocycles. The summed E-state index contributed by atoms with van der Waals surface area (Å²) < 4.78 is 26.2. The van der Waals surface area contributed by atoms with Gasteiger partial charge in [0, 0.05) is 19.3 Å². The lowest BCUT2D eigenvalue weighted by Crippen LogP contribution is -2.07. The molecule has 25 aromatic carbocycles. The third kappa shape index (κ3) is 13.8. The molecule has 9 nitrogen and oxygen atoms in total. The van der Waals surface area contributed by atoms with Crippen LogP contribution in [0.3, 0.4) is 0 Å². The molecule has 3 aromatic heterocycles. The van der Waals surface area contributed by atoms with Crippen LogP contribution >= 0.6 is 0 Å². The molecule has 0 N–H and O–H groups in total. The summed E-state index contributed by atoms with van der Waals surface area (Å²) in [6.07, 6.45) is 2.49. The standard InChI is InChI=1S/2C49H32N2O.C41H28N2O/c1-2-46-50-42-22-11-23-45-49(42)51(46)43-29-33(25-27-44(43)52-45)32-24-26-40-41(28-32)48(37-21-10-15-31-13-4-6-17-35(31)37)39-19-8-7-18-38(39)47(40)36-20-9-14-30-12-3-5-16-34(30)36;1-2-46-50-42-16-9-17-45-49(42)51(46)43-29-35(23-25-44(43)52-45)34-22-24-40-41(28-34)48(37-21-19-31-11-4-6-13-33(31)27-37)39-15-8-7-14-38(39)47(40)36-20-18-30-10-3-5-12-32(30)26-36;1-2-38-42-34-18-11-19-37-41(34)43(38)35-25-29(21-23-36(35)44-37)28-20-22-32-33(24-28)40(27-14-7-4-8-15-27)31-17-10-9-16-30(31)39(32)26-12-5-3-6-13-26/h2*3-29H,2H2,1H3;3-25H,2H2,1H3. The number of aromatic nitrogens is 6. The SMILES string of the molecule is CCc1nc2cccc3c2n1-c1cc(-c2ccc4c(-c5ccc6ccccc6c5)c5ccccc5c(-c5ccc6ccccc6c5)c4c2)ccc1O3.CCc1nc2cccc3c2n1-c1cc(-c2ccc4c(-c5cccc6ccccc56)c5ccccc5c(-c5cccc6ccccc56)c4c2)ccc1O3.CCc1nc2cccc3c2n1-c1cc(-c2ccc4c(-c5ccccc5)c5ccccc5c(-c5ccccc5)c4c2)ccc1O3. The molecule has 0 aliphatic carbocycles. The van der Waals surface area contributed by atoms with E-state index in [9.17, 15) is 0 Å². The summed E-state index contributed by atoms with van der Waals surface area (Å²) in [5.74, 6) is 8.21. The highest BCUT2D eigenvalue weighted by atomic mass is 16.5. The molecular formula is C139H92N6O3. The van der Waals surface area contributed by atoms with Crippen molar-refractivity contribution >= 4 is 141 Å². The second kappa shape index (κ2) is 34.6. The lowest BCUT2D eigenvalue weighted by Gasteiger charge is -2.22. The molecule has 3 aliphatic rings. The van der Waals surface area contributed by atoms with E-state index < -0.39 is 0 Å². The van der Waals surface area contributed by atoms with E-state index in [1.165, 1.54) is 180 Å². The van der Waals surface area contributed by atoms with Crippen molar-refractivity contribution in [3.63, 3.8) is 0 Å². The topological polar surface area (TPSA) is 81.1 Å². The number of hydrogen-bond acceptors (Lipinski definition) is 6. The zero-order valence-corrected chi connectivity index (χ0v) is 81.5. The monoisotopic (exact) mass is 1890 g/mol. The quantitative estimate of drug-likeness (QED) is 0.113. The number of ether oxygens (including phenoxy) is 3. The Morgan fingerprint density at radius 1 is 0.169 bits per heavy atom. The third-order valence-corrected chi connectivity index (χ3v) is 30.7. The minimum Gasteiger partial charge on any atom is -0.453 e. The fourth-order valence-electron chi connectivity index (χ4n) is 24.1. The lowest BCUT2D eigenvalue weighted by atomic mass is 9.83. The summed E-state index contributed by atoms with van der Waals surface area (Å²) in [5, 5.41) is 24.9. The Labute approximate surface area is 854 Å². The summed E-state index contributed by atoms with van der Waals surface area (Å²) in [7, 11) is 0. The number of benzene rings is 25. The van der Waals surface area contributed by atoms with Gasteiger partial charge in [0.2, 0.25) is 0 Å². The minimum atomic E-state index is 0.826. The van der Waals surface area contributed by atoms with Gasteiger partial charge >= 0.3 is 0 Å². The van der Waals surface area contributed by atoms with Gasteiger partial charge in [0.25, 0.3) is 0 Å². The molecule has 0 bridgehead atoms. The van der Waals surface area contributed by atoms with Crippen LogP contribution in [0.25, 0.3) is 258 Å². The van der Waals surface area contributed by atoms with E-state index in [1.807, 2.05) is 36.4 Å². The van der Waals surface area contributed by atoms with Crippen molar-refractivity contribution in [3.05, 3.63) is 485 Å². The Morgan fingerprint density at radius 3 is 0.797 bits per heavy atom. The smallest absolute Gasteiger partial charge is 0.153 e. The number of imidazole rings is 3. The number of hydrogen-bond donors (Lipinski definition) is 0. The number of fused-ring (bicyclic) bond motifs is 16. The van der Waals surface area contributed by atoms with Gasteiger partial charge in [0.1, 0.15) is 34.0 Å². The molecule has 0 saturated carbocycles. The van der Waals surface area contributed by atoms with Gasteiger partial charge in [-0.2, -0.15) is 0 Å². The molecule has 0 saturated heterocycles. The number of aryl methyl sites for hydroxylation is 3. The number of nitrogens with zero attached hydrogens (tertiary/aromatic N) is 6. The molecule has 31 rings (SSSR count). The fraction of sp³-hybridized carbons (Fsp3) is 0.0432. The van der Waals surface area contributed by atoms with Gasteiger partial charge in [-0.05, 0) is 311 Å². The largest absolute Gasteiger partial charge is 0.453 e. The van der Waals surface area contributed by atoms with Crippen LogP contribution in [0, 0.1) is 0 Å². The molecule has 28 aromatic rings. The summed E-state index contributed by atoms with van der Waals surface area (Å²) in [6.45, 7) is 6.49. The first-order valence-corrected chi connectivity index (χ1v) is 51.2. The molecule has 0 radical (unpaired) electrons. The Kier molecular flexibility index (Phi) is 20.0. The van der Waals surface area contributed by atoms with Gasteiger partial charge in [-0.1, -0.05) is 385 Å². The molecule has 9 heteroatoms. The maximum atomic E-state index is 6.47. The first kappa shape index (κ1) is 85.7. The molecular weight excluding hydrogens is 1800 g/mol. The highest BCUT2D eigenvalue weighted by Crippen LogP contribution is 2.55. The van der Waals surface area contributed by atoms with Crippen molar-refractivity contribution in [1.29, 1.82) is 0 Å². The average Bonchev–Trinajstić information content (AvgIpc) is 1.11. The van der Waals surface area contributed by atoms with Crippen LogP contribution in [0.1, 0.15) is 38.2 Å². The van der Waals surface area contributed by atoms with Gasteiger partial charge in [-0.3, -0.25) is 13.7 Å². The molecule has 696 valence electrons. The van der Waals surface area contributed by atoms with Crippen molar-refractivity contribution < 1.29 is 14.2 Å². The predicted octanol–water partition coefficient (Wildman–Crippen LogP) is 37.6. The van der Waals surface area contributed by atoms with Crippen LogP contribution in [0.5, 0.6) is 34.5 Å². The minimum absolute atomic E-state index is 0.826. The Balaban J connectivity index is 0.000000105. The lowest BCUT2D eigenvalue weighted by molar-refractivity contribution is 0.474. The molecule has 148 heavy (non-hydrogen) atoms. The summed E-state index contributed by atoms with van der Waals surface area (Å²) in [4.78, 5) is 14.9. The Morgan fingerprint density at radius 2 is 0.426 bits per heavy atom. The van der Waals surface area contributed by atoms with Crippen molar-refractivity contribution in [2.24, 2.45) is 0 Å². The van der Waals surface area contributed by atoms with Gasteiger partial charge in [0.05, 0.1) is 33.6 Å². The van der Waals surface area contributed by atoms with E-state index in [0.717, 1.165) is 149 Å². The second-order valence-corrected chi connectivity index (χ2v) is 39.0. The van der Waals surface area contributed by atoms with E-state index >= 15 is 0 Å². The maximum Gasteiger partial charge on any atom is 0.153 e. The Bertz CT molecular complexity index is 10400. The average molecular weight is 1890 g/mol. The van der Waals surface area contributed by atoms with E-state index in [0.29, 0.717) is 0 Å². The molecule has 0 atom stereocenters. The van der Waals surface area contributed by atoms with Crippen molar-refractivity contribution in [1.82, 2.24) is 28.7 Å². The highest BCUT2D eigenvalue weighted by Gasteiger charge is 2.32. The first-order chi connectivity index (χ1) is 73.2. The van der Waals surface area contributed by atoms with E-state index in [1.54, 1.807) is 0 Å². The molecule has 0 amide bonds. The summed E-state index contributed by atoms with van der Waals surface area (Å²) in [6, 6.07) is 169. The van der Waals surface area contributed by atoms with Gasteiger partial charge < -0.3 is 14.2 Å². The van der Waals surface area contributed by atoms with Crippen LogP contribution in [0.15, 0.2) is 467 Å². The van der Waals surface area contributed by atoms with Crippen LogP contribution in [0.4, 0.5) is 0 Å².